The van der Waals surface area contributed by atoms with Crippen LogP contribution in [0, 0.1) is 0 Å². The second kappa shape index (κ2) is 12.5. The normalized spacial score (nSPS) is 12.9. The van der Waals surface area contributed by atoms with Crippen molar-refractivity contribution >= 4 is 85.1 Å². The first kappa shape index (κ1) is 31.8. The summed E-state index contributed by atoms with van der Waals surface area (Å²) in [5, 5.41) is 2.37. The third-order valence-electron chi connectivity index (χ3n) is 11.8. The lowest BCUT2D eigenvalue weighted by atomic mass is 9.34. The van der Waals surface area contributed by atoms with Crippen LogP contribution in [0.25, 0.3) is 21.9 Å². The largest absolute Gasteiger partial charge is 0.456 e. The number of nitrogens with zero attached hydrogens (tertiary/aromatic N) is 3. The van der Waals surface area contributed by atoms with Crippen molar-refractivity contribution in [1.29, 1.82) is 0 Å². The molecule has 0 fully saturated rings. The Morgan fingerprint density at radius 3 is 1.72 bits per heavy atom. The fourth-order valence-corrected chi connectivity index (χ4v) is 9.49. The molecule has 0 radical (unpaired) electrons. The molecule has 3 aliphatic heterocycles. The Morgan fingerprint density at radius 1 is 0.439 bits per heavy atom. The topological polar surface area (TPSA) is 19.0 Å². The molecule has 0 bridgehead atoms. The molecule has 57 heavy (non-hydrogen) atoms. The summed E-state index contributed by atoms with van der Waals surface area (Å²) in [7, 11) is 0. The van der Waals surface area contributed by atoms with Gasteiger partial charge in [-0.25, -0.2) is 0 Å². The Morgan fingerprint density at radius 2 is 1.02 bits per heavy atom. The van der Waals surface area contributed by atoms with E-state index in [1.54, 1.807) is 0 Å². The Kier molecular flexibility index (Phi) is 6.99. The Balaban J connectivity index is 1.20. The maximum absolute atomic E-state index is 7.29. The van der Waals surface area contributed by atoms with Gasteiger partial charge in [0.15, 0.2) is 0 Å². The van der Waals surface area contributed by atoms with Gasteiger partial charge in [-0.15, -0.1) is 0 Å². The van der Waals surface area contributed by atoms with E-state index in [4.69, 9.17) is 4.74 Å². The van der Waals surface area contributed by atoms with E-state index in [2.05, 4.69) is 221 Å². The summed E-state index contributed by atoms with van der Waals surface area (Å²) in [5.74, 6) is 1.79. The molecule has 0 aliphatic carbocycles. The van der Waals surface area contributed by atoms with Crippen LogP contribution in [0.1, 0.15) is 0 Å². The van der Waals surface area contributed by atoms with Crippen LogP contribution in [-0.4, -0.2) is 6.71 Å². The highest BCUT2D eigenvalue weighted by atomic mass is 16.5. The number of anilines is 9. The number of rotatable bonds is 5. The minimum atomic E-state index is -0.0103. The second-order valence-corrected chi connectivity index (χ2v) is 14.8. The summed E-state index contributed by atoms with van der Waals surface area (Å²) in [6.45, 7) is -0.0103. The lowest BCUT2D eigenvalue weighted by Crippen LogP contribution is -2.59. The molecule has 0 saturated carbocycles. The lowest BCUT2D eigenvalue weighted by molar-refractivity contribution is 0.488. The number of para-hydroxylation sites is 6. The van der Waals surface area contributed by atoms with Crippen LogP contribution in [-0.2, 0) is 0 Å². The number of fused-ring (bicyclic) bond motifs is 7. The fraction of sp³-hybridized carbons (Fsp3) is 0. The van der Waals surface area contributed by atoms with Crippen molar-refractivity contribution in [2.45, 2.75) is 0 Å². The minimum Gasteiger partial charge on any atom is -0.456 e. The molecule has 0 atom stereocenters. The maximum Gasteiger partial charge on any atom is 0.256 e. The van der Waals surface area contributed by atoms with Gasteiger partial charge in [-0.3, -0.25) is 0 Å². The predicted molar refractivity (Wildman–Crippen MR) is 238 cm³/mol. The molecular formula is C52H34BN3O. The Bertz CT molecular complexity index is 2970. The molecule has 0 aromatic heterocycles. The van der Waals surface area contributed by atoms with Crippen LogP contribution >= 0.6 is 0 Å². The molecule has 266 valence electrons. The number of ether oxygens (including phenoxy) is 1. The van der Waals surface area contributed by atoms with Gasteiger partial charge in [0.25, 0.3) is 6.71 Å². The molecule has 0 spiro atoms. The van der Waals surface area contributed by atoms with Gasteiger partial charge in [0.1, 0.15) is 11.5 Å². The zero-order chi connectivity index (χ0) is 37.5. The summed E-state index contributed by atoms with van der Waals surface area (Å²) >= 11 is 0. The average molecular weight is 728 g/mol. The van der Waals surface area contributed by atoms with Gasteiger partial charge in [-0.2, -0.15) is 0 Å². The zero-order valence-electron chi connectivity index (χ0n) is 31.0. The average Bonchev–Trinajstić information content (AvgIpc) is 3.28. The molecule has 3 aliphatic rings. The van der Waals surface area contributed by atoms with Gasteiger partial charge < -0.3 is 19.4 Å². The van der Waals surface area contributed by atoms with Crippen molar-refractivity contribution in [3.05, 3.63) is 206 Å². The summed E-state index contributed by atoms with van der Waals surface area (Å²) in [4.78, 5) is 7.26. The van der Waals surface area contributed by atoms with Crippen molar-refractivity contribution < 1.29 is 4.74 Å². The number of benzene rings is 9. The molecule has 0 unspecified atom stereocenters. The number of hydrogen-bond acceptors (Lipinski definition) is 4. The van der Waals surface area contributed by atoms with Gasteiger partial charge in [-0.1, -0.05) is 127 Å². The van der Waals surface area contributed by atoms with Crippen LogP contribution in [0.5, 0.6) is 11.5 Å². The van der Waals surface area contributed by atoms with Gasteiger partial charge >= 0.3 is 0 Å². The monoisotopic (exact) mass is 727 g/mol. The first-order valence-corrected chi connectivity index (χ1v) is 19.6. The molecule has 3 heterocycles. The zero-order valence-corrected chi connectivity index (χ0v) is 31.0. The standard InChI is InChI=1S/C52H34BN3O/c1-5-18-35(19-6-1)54(36-20-7-2-8-21-36)44-33-32-39-41-34-47-50-52(51(41)56(38-24-11-4-12-25-38)46-30-17-26-40(44)49(39)46)57-48-31-16-14-28-43(48)53(50)42-27-13-15-29-45(42)55(47)37-22-9-3-10-23-37/h1-34H. The van der Waals surface area contributed by atoms with E-state index in [9.17, 15) is 0 Å². The van der Waals surface area contributed by atoms with Crippen molar-refractivity contribution in [2.75, 3.05) is 14.7 Å². The molecule has 0 amide bonds. The predicted octanol–water partition coefficient (Wildman–Crippen LogP) is 12.2. The fourth-order valence-electron chi connectivity index (χ4n) is 9.49. The summed E-state index contributed by atoms with van der Waals surface area (Å²) < 4.78 is 7.29. The van der Waals surface area contributed by atoms with E-state index in [1.165, 1.54) is 38.4 Å². The van der Waals surface area contributed by atoms with E-state index in [1.807, 2.05) is 0 Å². The maximum atomic E-state index is 7.29. The SMILES string of the molecule is c1ccc(N2c3ccccc3B3c4ccccc4Oc4c3c2cc2c4N(c3ccccc3)c3cccc4c(N(c5ccccc5)c5ccccc5)ccc-2c34)cc1. The van der Waals surface area contributed by atoms with Crippen molar-refractivity contribution in [2.24, 2.45) is 0 Å². The highest BCUT2D eigenvalue weighted by molar-refractivity contribution is 6.99. The van der Waals surface area contributed by atoms with Gasteiger partial charge in [0.05, 0.1) is 17.1 Å². The third-order valence-corrected chi connectivity index (χ3v) is 11.8. The van der Waals surface area contributed by atoms with E-state index in [0.717, 1.165) is 62.6 Å². The Labute approximate surface area is 332 Å². The van der Waals surface area contributed by atoms with Crippen molar-refractivity contribution in [3.8, 4) is 22.6 Å². The smallest absolute Gasteiger partial charge is 0.256 e. The highest BCUT2D eigenvalue weighted by Gasteiger charge is 2.45. The van der Waals surface area contributed by atoms with Crippen molar-refractivity contribution in [3.63, 3.8) is 0 Å². The lowest BCUT2D eigenvalue weighted by Gasteiger charge is -2.43. The first-order valence-electron chi connectivity index (χ1n) is 19.6. The molecule has 4 nitrogen and oxygen atoms in total. The Hall–Kier alpha value is -7.50. The molecule has 9 aromatic rings. The first-order chi connectivity index (χ1) is 28.3. The van der Waals surface area contributed by atoms with Crippen LogP contribution < -0.4 is 35.8 Å². The molecular weight excluding hydrogens is 693 g/mol. The molecule has 12 rings (SSSR count). The highest BCUT2D eigenvalue weighted by Crippen LogP contribution is 2.58. The van der Waals surface area contributed by atoms with Gasteiger partial charge in [0.2, 0.25) is 0 Å². The van der Waals surface area contributed by atoms with E-state index < -0.39 is 0 Å². The van der Waals surface area contributed by atoms with Crippen LogP contribution in [0.15, 0.2) is 206 Å². The molecule has 9 aromatic carbocycles. The third kappa shape index (κ3) is 4.69. The van der Waals surface area contributed by atoms with Crippen LogP contribution in [0.3, 0.4) is 0 Å². The van der Waals surface area contributed by atoms with Crippen LogP contribution in [0.4, 0.5) is 51.2 Å². The number of hydrogen-bond donors (Lipinski definition) is 0. The van der Waals surface area contributed by atoms with Gasteiger partial charge in [-0.05, 0) is 101 Å². The molecule has 5 heteroatoms. The van der Waals surface area contributed by atoms with E-state index in [-0.39, 0.29) is 6.71 Å². The minimum absolute atomic E-state index is 0.0103. The van der Waals surface area contributed by atoms with E-state index in [0.29, 0.717) is 0 Å². The van der Waals surface area contributed by atoms with Crippen LogP contribution in [0.2, 0.25) is 0 Å². The van der Waals surface area contributed by atoms with Crippen molar-refractivity contribution in [1.82, 2.24) is 0 Å². The summed E-state index contributed by atoms with van der Waals surface area (Å²) in [6.07, 6.45) is 0. The summed E-state index contributed by atoms with van der Waals surface area (Å²) in [6, 6.07) is 74.2. The van der Waals surface area contributed by atoms with E-state index >= 15 is 0 Å². The molecule has 0 saturated heterocycles. The summed E-state index contributed by atoms with van der Waals surface area (Å²) in [5.41, 5.74) is 16.0. The quantitative estimate of drug-likeness (QED) is 0.164. The molecule has 0 N–H and O–H groups in total. The second-order valence-electron chi connectivity index (χ2n) is 14.8. The van der Waals surface area contributed by atoms with Gasteiger partial charge in [0, 0.05) is 50.5 Å².